The van der Waals surface area contributed by atoms with Crippen molar-refractivity contribution in [2.75, 3.05) is 7.11 Å². The van der Waals surface area contributed by atoms with E-state index in [1.54, 1.807) is 11.8 Å². The summed E-state index contributed by atoms with van der Waals surface area (Å²) in [6.07, 6.45) is 6.55. The quantitative estimate of drug-likeness (QED) is 0.798. The first-order valence-electron chi connectivity index (χ1n) is 5.86. The van der Waals surface area contributed by atoms with Crippen LogP contribution in [-0.2, 0) is 18.2 Å². The summed E-state index contributed by atoms with van der Waals surface area (Å²) in [6.45, 7) is 4.24. The van der Waals surface area contributed by atoms with Gasteiger partial charge in [-0.05, 0) is 24.8 Å². The smallest absolute Gasteiger partial charge is 0.0826 e. The number of ether oxygens (including phenoxy) is 1. The maximum atomic E-state index is 6.26. The van der Waals surface area contributed by atoms with Crippen LogP contribution in [0.15, 0.2) is 12.4 Å². The summed E-state index contributed by atoms with van der Waals surface area (Å²) >= 11 is 0. The molecule has 1 unspecified atom stereocenters. The monoisotopic (exact) mass is 225 g/mol. The Morgan fingerprint density at radius 1 is 1.50 bits per heavy atom. The molecule has 4 heteroatoms. The van der Waals surface area contributed by atoms with Crippen LogP contribution in [-0.4, -0.2) is 28.5 Å². The third kappa shape index (κ3) is 2.62. The van der Waals surface area contributed by atoms with Crippen LogP contribution in [0.2, 0.25) is 0 Å². The van der Waals surface area contributed by atoms with E-state index in [2.05, 4.69) is 18.9 Å². The zero-order chi connectivity index (χ0) is 12.2. The van der Waals surface area contributed by atoms with E-state index in [4.69, 9.17) is 10.5 Å². The van der Waals surface area contributed by atoms with Gasteiger partial charge in [-0.15, -0.1) is 0 Å². The number of aryl methyl sites for hydroxylation is 1. The van der Waals surface area contributed by atoms with Gasteiger partial charge in [-0.3, -0.25) is 4.68 Å². The minimum absolute atomic E-state index is 0.0108. The van der Waals surface area contributed by atoms with Crippen LogP contribution in [0, 0.1) is 0 Å². The van der Waals surface area contributed by atoms with E-state index < -0.39 is 0 Å². The molecule has 0 aromatic carbocycles. The Bertz CT molecular complexity index is 310. The third-order valence-corrected chi connectivity index (χ3v) is 3.49. The van der Waals surface area contributed by atoms with Crippen molar-refractivity contribution >= 4 is 0 Å². The highest BCUT2D eigenvalue weighted by molar-refractivity contribution is 5.08. The number of hydrogen-bond acceptors (Lipinski definition) is 3. The minimum Gasteiger partial charge on any atom is -0.377 e. The molecule has 0 aliphatic rings. The Hall–Kier alpha value is -0.870. The molecule has 0 radical (unpaired) electrons. The topological polar surface area (TPSA) is 53.1 Å². The molecule has 0 aliphatic heterocycles. The van der Waals surface area contributed by atoms with E-state index in [-0.39, 0.29) is 11.6 Å². The highest BCUT2D eigenvalue weighted by atomic mass is 16.5. The molecule has 0 amide bonds. The second-order valence-corrected chi connectivity index (χ2v) is 4.31. The van der Waals surface area contributed by atoms with E-state index in [9.17, 15) is 0 Å². The Labute approximate surface area is 97.8 Å². The van der Waals surface area contributed by atoms with E-state index in [1.165, 1.54) is 5.56 Å². The first-order chi connectivity index (χ1) is 7.57. The van der Waals surface area contributed by atoms with Gasteiger partial charge in [-0.1, -0.05) is 13.8 Å². The molecule has 1 aromatic heterocycles. The predicted molar refractivity (Wildman–Crippen MR) is 65.2 cm³/mol. The van der Waals surface area contributed by atoms with Crippen LogP contribution in [0.3, 0.4) is 0 Å². The van der Waals surface area contributed by atoms with Crippen LogP contribution in [0.5, 0.6) is 0 Å². The summed E-state index contributed by atoms with van der Waals surface area (Å²) in [5.41, 5.74) is 7.22. The molecule has 1 heterocycles. The summed E-state index contributed by atoms with van der Waals surface area (Å²) in [5.74, 6) is 0. The van der Waals surface area contributed by atoms with Crippen LogP contribution in [0.1, 0.15) is 32.3 Å². The molecular weight excluding hydrogens is 202 g/mol. The highest BCUT2D eigenvalue weighted by Crippen LogP contribution is 2.25. The lowest BCUT2D eigenvalue weighted by Crippen LogP contribution is -2.50. The van der Waals surface area contributed by atoms with Gasteiger partial charge in [0.2, 0.25) is 0 Å². The number of rotatable bonds is 6. The van der Waals surface area contributed by atoms with Crippen molar-refractivity contribution in [3.8, 4) is 0 Å². The average molecular weight is 225 g/mol. The SMILES string of the molecule is CCC(CC)(OC)C(N)Cc1cnn(C)c1. The molecule has 0 saturated carbocycles. The first-order valence-corrected chi connectivity index (χ1v) is 5.86. The van der Waals surface area contributed by atoms with Crippen LogP contribution in [0.4, 0.5) is 0 Å². The fourth-order valence-corrected chi connectivity index (χ4v) is 2.23. The summed E-state index contributed by atoms with van der Waals surface area (Å²) < 4.78 is 7.42. The maximum Gasteiger partial charge on any atom is 0.0826 e. The standard InChI is InChI=1S/C12H23N3O/c1-5-12(6-2,16-4)11(13)7-10-8-14-15(3)9-10/h8-9,11H,5-7,13H2,1-4H3. The fourth-order valence-electron chi connectivity index (χ4n) is 2.23. The van der Waals surface area contributed by atoms with Crippen LogP contribution in [0.25, 0.3) is 0 Å². The van der Waals surface area contributed by atoms with Gasteiger partial charge in [-0.25, -0.2) is 0 Å². The Balaban J connectivity index is 2.72. The molecule has 2 N–H and O–H groups in total. The molecule has 0 spiro atoms. The van der Waals surface area contributed by atoms with Crippen molar-refractivity contribution in [2.24, 2.45) is 12.8 Å². The number of hydrogen-bond donors (Lipinski definition) is 1. The van der Waals surface area contributed by atoms with Gasteiger partial charge in [0.25, 0.3) is 0 Å². The number of aromatic nitrogens is 2. The second kappa shape index (κ2) is 5.46. The van der Waals surface area contributed by atoms with Gasteiger partial charge < -0.3 is 10.5 Å². The minimum atomic E-state index is -0.212. The molecule has 0 aliphatic carbocycles. The zero-order valence-corrected chi connectivity index (χ0v) is 10.7. The maximum absolute atomic E-state index is 6.26. The summed E-state index contributed by atoms with van der Waals surface area (Å²) in [7, 11) is 3.66. The Morgan fingerprint density at radius 3 is 2.50 bits per heavy atom. The average Bonchev–Trinajstić information content (AvgIpc) is 2.67. The lowest BCUT2D eigenvalue weighted by Gasteiger charge is -2.36. The van der Waals surface area contributed by atoms with E-state index in [0.29, 0.717) is 0 Å². The largest absolute Gasteiger partial charge is 0.377 e. The van der Waals surface area contributed by atoms with Gasteiger partial charge in [0.1, 0.15) is 0 Å². The number of methoxy groups -OCH3 is 1. The molecule has 1 aromatic rings. The second-order valence-electron chi connectivity index (χ2n) is 4.31. The van der Waals surface area contributed by atoms with Crippen molar-refractivity contribution in [1.82, 2.24) is 9.78 Å². The van der Waals surface area contributed by atoms with Crippen LogP contribution < -0.4 is 5.73 Å². The molecule has 4 nitrogen and oxygen atoms in total. The zero-order valence-electron chi connectivity index (χ0n) is 10.7. The van der Waals surface area contributed by atoms with Crippen molar-refractivity contribution in [2.45, 2.75) is 44.8 Å². The lowest BCUT2D eigenvalue weighted by molar-refractivity contribution is -0.0374. The van der Waals surface area contributed by atoms with Crippen molar-refractivity contribution in [3.05, 3.63) is 18.0 Å². The van der Waals surface area contributed by atoms with Gasteiger partial charge in [0.15, 0.2) is 0 Å². The van der Waals surface area contributed by atoms with Crippen molar-refractivity contribution in [1.29, 1.82) is 0 Å². The Kier molecular flexibility index (Phi) is 4.50. The predicted octanol–water partition coefficient (Wildman–Crippen LogP) is 1.50. The van der Waals surface area contributed by atoms with E-state index in [0.717, 1.165) is 19.3 Å². The number of nitrogens with two attached hydrogens (primary N) is 1. The lowest BCUT2D eigenvalue weighted by atomic mass is 9.85. The number of nitrogens with zero attached hydrogens (tertiary/aromatic N) is 2. The molecule has 16 heavy (non-hydrogen) atoms. The van der Waals surface area contributed by atoms with Gasteiger partial charge >= 0.3 is 0 Å². The summed E-state index contributed by atoms with van der Waals surface area (Å²) in [5, 5.41) is 4.15. The normalized spacial score (nSPS) is 14.1. The molecule has 0 fully saturated rings. The van der Waals surface area contributed by atoms with E-state index >= 15 is 0 Å². The molecule has 1 rings (SSSR count). The molecule has 92 valence electrons. The van der Waals surface area contributed by atoms with E-state index in [1.807, 2.05) is 19.4 Å². The molecular formula is C12H23N3O. The van der Waals surface area contributed by atoms with Gasteiger partial charge in [0, 0.05) is 26.4 Å². The summed E-state index contributed by atoms with van der Waals surface area (Å²) in [6, 6.07) is 0.0108. The highest BCUT2D eigenvalue weighted by Gasteiger charge is 2.33. The molecule has 1 atom stereocenters. The summed E-state index contributed by atoms with van der Waals surface area (Å²) in [4.78, 5) is 0. The van der Waals surface area contributed by atoms with Crippen LogP contribution >= 0.6 is 0 Å². The molecule has 0 bridgehead atoms. The van der Waals surface area contributed by atoms with Crippen molar-refractivity contribution < 1.29 is 4.74 Å². The third-order valence-electron chi connectivity index (χ3n) is 3.49. The Morgan fingerprint density at radius 2 is 2.12 bits per heavy atom. The fraction of sp³-hybridized carbons (Fsp3) is 0.750. The van der Waals surface area contributed by atoms with Crippen molar-refractivity contribution in [3.63, 3.8) is 0 Å². The van der Waals surface area contributed by atoms with Gasteiger partial charge in [0.05, 0.1) is 11.8 Å². The molecule has 0 saturated heterocycles. The van der Waals surface area contributed by atoms with Gasteiger partial charge in [-0.2, -0.15) is 5.10 Å². The first kappa shape index (κ1) is 13.2.